The molecule has 1 saturated heterocycles. The number of likely N-dealkylation sites (N-methyl/N-ethyl adjacent to an activating group) is 1. The van der Waals surface area contributed by atoms with Crippen LogP contribution in [0.5, 0.6) is 0 Å². The van der Waals surface area contributed by atoms with Gasteiger partial charge in [0.05, 0.1) is 17.8 Å². The second-order valence-corrected chi connectivity index (χ2v) is 7.83. The first-order chi connectivity index (χ1) is 15.6. The second kappa shape index (κ2) is 10.2. The highest BCUT2D eigenvalue weighted by molar-refractivity contribution is 5.92. The number of halogens is 3. The molecule has 0 radical (unpaired) electrons. The third-order valence-corrected chi connectivity index (χ3v) is 5.34. The van der Waals surface area contributed by atoms with E-state index in [0.29, 0.717) is 44.8 Å². The Bertz CT molecular complexity index is 1080. The van der Waals surface area contributed by atoms with E-state index in [0.717, 1.165) is 12.1 Å². The van der Waals surface area contributed by atoms with E-state index in [9.17, 15) is 27.6 Å². The third-order valence-electron chi connectivity index (χ3n) is 5.34. The van der Waals surface area contributed by atoms with E-state index in [-0.39, 0.29) is 23.8 Å². The van der Waals surface area contributed by atoms with E-state index in [1.54, 1.807) is 0 Å². The molecule has 11 heteroatoms. The molecule has 33 heavy (non-hydrogen) atoms. The average Bonchev–Trinajstić information content (AvgIpc) is 2.98. The van der Waals surface area contributed by atoms with Crippen LogP contribution in [0.15, 0.2) is 35.1 Å². The highest BCUT2D eigenvalue weighted by atomic mass is 19.4. The summed E-state index contributed by atoms with van der Waals surface area (Å²) in [7, 11) is 0. The van der Waals surface area contributed by atoms with Crippen molar-refractivity contribution in [2.45, 2.75) is 26.4 Å². The molecule has 0 bridgehead atoms. The molecule has 0 aliphatic carbocycles. The monoisotopic (exact) mass is 465 g/mol. The molecule has 0 spiro atoms. The number of hydrogen-bond donors (Lipinski definition) is 1. The van der Waals surface area contributed by atoms with E-state index in [4.69, 9.17) is 0 Å². The van der Waals surface area contributed by atoms with Gasteiger partial charge in [-0.3, -0.25) is 19.3 Å². The van der Waals surface area contributed by atoms with Crippen LogP contribution in [0.4, 0.5) is 13.2 Å². The maximum Gasteiger partial charge on any atom is 0.416 e. The molecule has 8 nitrogen and oxygen atoms in total. The first kappa shape index (κ1) is 24.4. The molecular formula is C22H26F3N5O3. The van der Waals surface area contributed by atoms with Crippen molar-refractivity contribution in [3.63, 3.8) is 0 Å². The summed E-state index contributed by atoms with van der Waals surface area (Å²) in [4.78, 5) is 40.9. The molecule has 0 unspecified atom stereocenters. The van der Waals surface area contributed by atoms with Crippen molar-refractivity contribution in [1.29, 1.82) is 0 Å². The number of rotatable bonds is 5. The lowest BCUT2D eigenvalue weighted by Crippen LogP contribution is -2.41. The van der Waals surface area contributed by atoms with Gasteiger partial charge in [0.25, 0.3) is 5.91 Å². The zero-order valence-corrected chi connectivity index (χ0v) is 18.5. The van der Waals surface area contributed by atoms with Gasteiger partial charge in [-0.25, -0.2) is 4.68 Å². The van der Waals surface area contributed by atoms with Gasteiger partial charge < -0.3 is 10.2 Å². The van der Waals surface area contributed by atoms with Gasteiger partial charge in [0, 0.05) is 44.5 Å². The van der Waals surface area contributed by atoms with Crippen LogP contribution < -0.4 is 10.7 Å². The Labute approximate surface area is 189 Å². The Balaban J connectivity index is 1.83. The van der Waals surface area contributed by atoms with Crippen LogP contribution in [0, 0.1) is 6.92 Å². The van der Waals surface area contributed by atoms with Crippen LogP contribution in [0.2, 0.25) is 0 Å². The van der Waals surface area contributed by atoms with Crippen LogP contribution in [-0.4, -0.2) is 70.7 Å². The number of aryl methyl sites for hydroxylation is 1. The summed E-state index contributed by atoms with van der Waals surface area (Å²) < 4.78 is 40.5. The van der Waals surface area contributed by atoms with Crippen LogP contribution in [0.25, 0.3) is 5.69 Å². The van der Waals surface area contributed by atoms with Gasteiger partial charge in [0.2, 0.25) is 11.3 Å². The van der Waals surface area contributed by atoms with E-state index in [1.165, 1.54) is 34.7 Å². The summed E-state index contributed by atoms with van der Waals surface area (Å²) in [5.74, 6) is -0.679. The largest absolute Gasteiger partial charge is 0.416 e. The van der Waals surface area contributed by atoms with E-state index < -0.39 is 23.1 Å². The highest BCUT2D eigenvalue weighted by Crippen LogP contribution is 2.30. The Hall–Kier alpha value is -3.21. The molecule has 2 aromatic rings. The lowest BCUT2D eigenvalue weighted by Gasteiger charge is -2.21. The predicted octanol–water partition coefficient (Wildman–Crippen LogP) is 1.84. The molecule has 1 aromatic heterocycles. The van der Waals surface area contributed by atoms with Crippen LogP contribution in [0.1, 0.15) is 35.1 Å². The fourth-order valence-corrected chi connectivity index (χ4v) is 3.71. The zero-order chi connectivity index (χ0) is 24.2. The number of aromatic nitrogens is 2. The molecule has 0 saturated carbocycles. The van der Waals surface area contributed by atoms with Crippen molar-refractivity contribution in [2.24, 2.45) is 0 Å². The summed E-state index contributed by atoms with van der Waals surface area (Å²) in [6.45, 7) is 5.89. The average molecular weight is 465 g/mol. The van der Waals surface area contributed by atoms with Gasteiger partial charge in [0.15, 0.2) is 5.69 Å². The minimum absolute atomic E-state index is 0.0959. The van der Waals surface area contributed by atoms with Crippen LogP contribution >= 0.6 is 0 Å². The molecule has 178 valence electrons. The number of nitrogens with zero attached hydrogens (tertiary/aromatic N) is 4. The molecule has 3 rings (SSSR count). The Kier molecular flexibility index (Phi) is 7.52. The molecule has 1 aliphatic heterocycles. The number of alkyl halides is 3. The molecule has 1 aliphatic rings. The molecule has 1 fully saturated rings. The first-order valence-electron chi connectivity index (χ1n) is 10.7. The van der Waals surface area contributed by atoms with Crippen LogP contribution in [0.3, 0.4) is 0 Å². The normalized spacial score (nSPS) is 15.2. The number of carbonyl (C=O) groups is 2. The first-order valence-corrected chi connectivity index (χ1v) is 10.7. The van der Waals surface area contributed by atoms with Gasteiger partial charge in [-0.1, -0.05) is 6.07 Å². The van der Waals surface area contributed by atoms with E-state index >= 15 is 0 Å². The standard InChI is InChI=1S/C22H26F3N5O3/c1-3-26-19(32)14-28-8-5-9-29(11-10-28)21(33)20-18(31)12-15(2)30(27-20)17-7-4-6-16(13-17)22(23,24)25/h4,6-7,12-13H,3,5,8-11,14H2,1-2H3,(H,26,32). The van der Waals surface area contributed by atoms with Crippen molar-refractivity contribution >= 4 is 11.8 Å². The van der Waals surface area contributed by atoms with Gasteiger partial charge in [-0.2, -0.15) is 18.3 Å². The van der Waals surface area contributed by atoms with Gasteiger partial charge in [-0.15, -0.1) is 0 Å². The fraction of sp³-hybridized carbons (Fsp3) is 0.455. The van der Waals surface area contributed by atoms with Crippen molar-refractivity contribution in [1.82, 2.24) is 24.9 Å². The summed E-state index contributed by atoms with van der Waals surface area (Å²) in [5, 5.41) is 6.87. The molecule has 2 heterocycles. The maximum atomic E-state index is 13.1. The van der Waals surface area contributed by atoms with Crippen LogP contribution in [-0.2, 0) is 11.0 Å². The Morgan fingerprint density at radius 1 is 1.12 bits per heavy atom. The quantitative estimate of drug-likeness (QED) is 0.728. The van der Waals surface area contributed by atoms with Gasteiger partial charge in [-0.05, 0) is 38.5 Å². The predicted molar refractivity (Wildman–Crippen MR) is 115 cm³/mol. The maximum absolute atomic E-state index is 13.1. The summed E-state index contributed by atoms with van der Waals surface area (Å²) in [6, 6.07) is 5.73. The highest BCUT2D eigenvalue weighted by Gasteiger charge is 2.31. The number of hydrogen-bond acceptors (Lipinski definition) is 5. The van der Waals surface area contributed by atoms with E-state index in [2.05, 4.69) is 10.4 Å². The minimum atomic E-state index is -4.53. The second-order valence-electron chi connectivity index (χ2n) is 7.83. The van der Waals surface area contributed by atoms with Crippen molar-refractivity contribution < 1.29 is 22.8 Å². The summed E-state index contributed by atoms with van der Waals surface area (Å²) in [6.07, 6.45) is -3.92. The van der Waals surface area contributed by atoms with Gasteiger partial charge >= 0.3 is 6.18 Å². The van der Waals surface area contributed by atoms with E-state index in [1.807, 2.05) is 11.8 Å². The molecule has 2 amide bonds. The molecule has 1 N–H and O–H groups in total. The SMILES string of the molecule is CCNC(=O)CN1CCCN(C(=O)c2nn(-c3cccc(C(F)(F)F)c3)c(C)cc2=O)CC1. The number of nitrogens with one attached hydrogen (secondary N) is 1. The van der Waals surface area contributed by atoms with Crippen molar-refractivity contribution in [3.8, 4) is 5.69 Å². The lowest BCUT2D eigenvalue weighted by atomic mass is 10.2. The minimum Gasteiger partial charge on any atom is -0.355 e. The van der Waals surface area contributed by atoms with Crippen molar-refractivity contribution in [3.05, 3.63) is 57.5 Å². The topological polar surface area (TPSA) is 87.5 Å². The molecule has 0 atom stereocenters. The molecular weight excluding hydrogens is 439 g/mol. The fourth-order valence-electron chi connectivity index (χ4n) is 3.71. The lowest BCUT2D eigenvalue weighted by molar-refractivity contribution is -0.137. The number of carbonyl (C=O) groups excluding carboxylic acids is 2. The zero-order valence-electron chi connectivity index (χ0n) is 18.5. The summed E-state index contributed by atoms with van der Waals surface area (Å²) in [5.41, 5.74) is -1.40. The smallest absolute Gasteiger partial charge is 0.355 e. The summed E-state index contributed by atoms with van der Waals surface area (Å²) >= 11 is 0. The number of benzene rings is 1. The number of amides is 2. The molecule has 1 aromatic carbocycles. The third kappa shape index (κ3) is 5.98. The Morgan fingerprint density at radius 2 is 1.88 bits per heavy atom. The van der Waals surface area contributed by atoms with Crippen molar-refractivity contribution in [2.75, 3.05) is 39.3 Å². The Morgan fingerprint density at radius 3 is 2.58 bits per heavy atom. The van der Waals surface area contributed by atoms with Gasteiger partial charge in [0.1, 0.15) is 0 Å².